The Morgan fingerprint density at radius 1 is 1.42 bits per heavy atom. The lowest BCUT2D eigenvalue weighted by atomic mass is 10.2. The van der Waals surface area contributed by atoms with Gasteiger partial charge in [0.15, 0.2) is 0 Å². The fourth-order valence-corrected chi connectivity index (χ4v) is 2.38. The standard InChI is InChI=1S/C12H16N4O3/c17-11(18)10(8-1-2-8)14-12(19)16-6-5-15-4-3-13-9(15)7-16/h3-4,8,10H,1-2,5-7H2,(H,14,19)(H,17,18). The van der Waals surface area contributed by atoms with E-state index in [-0.39, 0.29) is 11.9 Å². The van der Waals surface area contributed by atoms with Crippen LogP contribution in [-0.2, 0) is 17.9 Å². The zero-order chi connectivity index (χ0) is 13.4. The van der Waals surface area contributed by atoms with Crippen LogP contribution in [0, 0.1) is 5.92 Å². The van der Waals surface area contributed by atoms with Crippen LogP contribution in [0.5, 0.6) is 0 Å². The summed E-state index contributed by atoms with van der Waals surface area (Å²) in [7, 11) is 0. The minimum Gasteiger partial charge on any atom is -0.480 e. The lowest BCUT2D eigenvalue weighted by molar-refractivity contribution is -0.139. The Morgan fingerprint density at radius 2 is 2.21 bits per heavy atom. The number of amides is 2. The molecule has 1 aliphatic carbocycles. The van der Waals surface area contributed by atoms with Crippen molar-refractivity contribution in [1.82, 2.24) is 19.8 Å². The maximum absolute atomic E-state index is 12.1. The first-order valence-corrected chi connectivity index (χ1v) is 6.43. The molecular weight excluding hydrogens is 248 g/mol. The fourth-order valence-electron chi connectivity index (χ4n) is 2.38. The molecule has 1 saturated carbocycles. The van der Waals surface area contributed by atoms with Crippen molar-refractivity contribution in [2.45, 2.75) is 32.0 Å². The Hall–Kier alpha value is -2.05. The first kappa shape index (κ1) is 12.0. The SMILES string of the molecule is O=C(O)C(NC(=O)N1CCn2ccnc2C1)C1CC1. The Morgan fingerprint density at radius 3 is 2.89 bits per heavy atom. The minimum atomic E-state index is -0.950. The van der Waals surface area contributed by atoms with Gasteiger partial charge in [0.05, 0.1) is 6.54 Å². The fraction of sp³-hybridized carbons (Fsp3) is 0.583. The lowest BCUT2D eigenvalue weighted by Crippen LogP contribution is -2.50. The normalized spacial score (nSPS) is 19.7. The van der Waals surface area contributed by atoms with Gasteiger partial charge in [0.25, 0.3) is 0 Å². The van der Waals surface area contributed by atoms with E-state index in [9.17, 15) is 9.59 Å². The van der Waals surface area contributed by atoms with Crippen LogP contribution >= 0.6 is 0 Å². The molecule has 7 nitrogen and oxygen atoms in total. The third-order valence-corrected chi connectivity index (χ3v) is 3.67. The highest BCUT2D eigenvalue weighted by molar-refractivity contribution is 5.83. The molecule has 1 aromatic heterocycles. The van der Waals surface area contributed by atoms with Gasteiger partial charge in [-0.1, -0.05) is 0 Å². The van der Waals surface area contributed by atoms with Gasteiger partial charge in [-0.15, -0.1) is 0 Å². The highest BCUT2D eigenvalue weighted by Crippen LogP contribution is 2.32. The number of hydrogen-bond donors (Lipinski definition) is 2. The highest BCUT2D eigenvalue weighted by atomic mass is 16.4. The van der Waals surface area contributed by atoms with E-state index in [0.29, 0.717) is 19.6 Å². The first-order chi connectivity index (χ1) is 9.15. The molecule has 0 bridgehead atoms. The van der Waals surface area contributed by atoms with Crippen molar-refractivity contribution in [3.05, 3.63) is 18.2 Å². The number of aromatic nitrogens is 2. The monoisotopic (exact) mass is 264 g/mol. The number of carbonyl (C=O) groups excluding carboxylic acids is 1. The van der Waals surface area contributed by atoms with Gasteiger partial charge in [-0.05, 0) is 18.8 Å². The summed E-state index contributed by atoms with van der Waals surface area (Å²) in [6.07, 6.45) is 5.35. The van der Waals surface area contributed by atoms with Crippen molar-refractivity contribution < 1.29 is 14.7 Å². The van der Waals surface area contributed by atoms with Crippen LogP contribution in [0.1, 0.15) is 18.7 Å². The molecule has 7 heteroatoms. The van der Waals surface area contributed by atoms with E-state index in [1.807, 2.05) is 10.8 Å². The van der Waals surface area contributed by atoms with E-state index in [1.54, 1.807) is 11.1 Å². The molecule has 1 unspecified atom stereocenters. The Balaban J connectivity index is 1.63. The number of urea groups is 1. The number of aliphatic carboxylic acids is 1. The molecule has 0 spiro atoms. The summed E-state index contributed by atoms with van der Waals surface area (Å²) in [4.78, 5) is 29.0. The van der Waals surface area contributed by atoms with E-state index < -0.39 is 12.0 Å². The van der Waals surface area contributed by atoms with Gasteiger partial charge in [-0.2, -0.15) is 0 Å². The van der Waals surface area contributed by atoms with Gasteiger partial charge in [0, 0.05) is 25.5 Å². The number of imidazole rings is 1. The number of carbonyl (C=O) groups is 2. The zero-order valence-corrected chi connectivity index (χ0v) is 10.5. The molecule has 2 aliphatic rings. The van der Waals surface area contributed by atoms with Crippen molar-refractivity contribution in [1.29, 1.82) is 0 Å². The average Bonchev–Trinajstić information content (AvgIpc) is 3.11. The van der Waals surface area contributed by atoms with Crippen LogP contribution < -0.4 is 5.32 Å². The maximum Gasteiger partial charge on any atom is 0.326 e. The third kappa shape index (κ3) is 2.40. The largest absolute Gasteiger partial charge is 0.480 e. The molecule has 2 amide bonds. The smallest absolute Gasteiger partial charge is 0.326 e. The van der Waals surface area contributed by atoms with Gasteiger partial charge in [-0.3, -0.25) is 0 Å². The molecule has 1 aliphatic heterocycles. The van der Waals surface area contributed by atoms with E-state index in [2.05, 4.69) is 10.3 Å². The Bertz CT molecular complexity index is 509. The van der Waals surface area contributed by atoms with Crippen LogP contribution in [-0.4, -0.2) is 44.1 Å². The van der Waals surface area contributed by atoms with Crippen molar-refractivity contribution in [2.24, 2.45) is 5.92 Å². The topological polar surface area (TPSA) is 87.5 Å². The molecule has 0 radical (unpaired) electrons. The van der Waals surface area contributed by atoms with Crippen LogP contribution in [0.25, 0.3) is 0 Å². The van der Waals surface area contributed by atoms with Gasteiger partial charge in [0.1, 0.15) is 11.9 Å². The average molecular weight is 264 g/mol. The summed E-state index contributed by atoms with van der Waals surface area (Å²) in [6.45, 7) is 1.70. The summed E-state index contributed by atoms with van der Waals surface area (Å²) >= 11 is 0. The maximum atomic E-state index is 12.1. The molecule has 1 atom stereocenters. The Labute approximate surface area is 110 Å². The molecule has 19 heavy (non-hydrogen) atoms. The van der Waals surface area contributed by atoms with Gasteiger partial charge in [0.2, 0.25) is 0 Å². The van der Waals surface area contributed by atoms with Crippen LogP contribution in [0.15, 0.2) is 12.4 Å². The molecule has 0 saturated heterocycles. The van der Waals surface area contributed by atoms with Crippen LogP contribution in [0.3, 0.4) is 0 Å². The van der Waals surface area contributed by atoms with E-state index in [0.717, 1.165) is 18.7 Å². The van der Waals surface area contributed by atoms with E-state index in [1.165, 1.54) is 0 Å². The van der Waals surface area contributed by atoms with Crippen molar-refractivity contribution >= 4 is 12.0 Å². The number of fused-ring (bicyclic) bond motifs is 1. The number of rotatable bonds is 3. The summed E-state index contributed by atoms with van der Waals surface area (Å²) in [5, 5.41) is 11.7. The molecular formula is C12H16N4O3. The quantitative estimate of drug-likeness (QED) is 0.820. The number of carboxylic acid groups (broad SMARTS) is 1. The molecule has 3 rings (SSSR count). The van der Waals surface area contributed by atoms with Crippen molar-refractivity contribution in [2.75, 3.05) is 6.54 Å². The lowest BCUT2D eigenvalue weighted by Gasteiger charge is -2.29. The molecule has 102 valence electrons. The molecule has 0 aromatic carbocycles. The number of carboxylic acids is 1. The van der Waals surface area contributed by atoms with Crippen LogP contribution in [0.2, 0.25) is 0 Å². The zero-order valence-electron chi connectivity index (χ0n) is 10.5. The number of nitrogens with zero attached hydrogens (tertiary/aromatic N) is 3. The summed E-state index contributed by atoms with van der Waals surface area (Å²) in [5.41, 5.74) is 0. The second-order valence-corrected chi connectivity index (χ2v) is 5.06. The summed E-state index contributed by atoms with van der Waals surface area (Å²) in [5.74, 6) is -0.0257. The van der Waals surface area contributed by atoms with E-state index in [4.69, 9.17) is 5.11 Å². The predicted molar refractivity (Wildman–Crippen MR) is 65.3 cm³/mol. The van der Waals surface area contributed by atoms with Gasteiger partial charge in [-0.25, -0.2) is 14.6 Å². The van der Waals surface area contributed by atoms with Gasteiger partial charge >= 0.3 is 12.0 Å². The summed E-state index contributed by atoms with van der Waals surface area (Å²) in [6, 6.07) is -1.07. The van der Waals surface area contributed by atoms with E-state index >= 15 is 0 Å². The third-order valence-electron chi connectivity index (χ3n) is 3.67. The second kappa shape index (κ2) is 4.56. The minimum absolute atomic E-state index is 0.0910. The molecule has 2 N–H and O–H groups in total. The van der Waals surface area contributed by atoms with Gasteiger partial charge < -0.3 is 19.9 Å². The van der Waals surface area contributed by atoms with Crippen LogP contribution in [0.4, 0.5) is 4.79 Å². The number of hydrogen-bond acceptors (Lipinski definition) is 3. The highest BCUT2D eigenvalue weighted by Gasteiger charge is 2.38. The molecule has 1 fully saturated rings. The molecule has 2 heterocycles. The predicted octanol–water partition coefficient (Wildman–Crippen LogP) is 0.272. The summed E-state index contributed by atoms with van der Waals surface area (Å²) < 4.78 is 2.00. The Kier molecular flexibility index (Phi) is 2.88. The first-order valence-electron chi connectivity index (χ1n) is 6.43. The molecule has 1 aromatic rings. The van der Waals surface area contributed by atoms with Crippen molar-refractivity contribution in [3.63, 3.8) is 0 Å². The second-order valence-electron chi connectivity index (χ2n) is 5.06. The van der Waals surface area contributed by atoms with Crippen molar-refractivity contribution in [3.8, 4) is 0 Å². The number of nitrogens with one attached hydrogen (secondary N) is 1.